The molecule has 0 heterocycles. The van der Waals surface area contributed by atoms with Crippen LogP contribution in [0.15, 0.2) is 0 Å². The molecule has 0 radical (unpaired) electrons. The van der Waals surface area contributed by atoms with Crippen LogP contribution < -0.4 is 5.32 Å². The predicted molar refractivity (Wildman–Crippen MR) is 76.8 cm³/mol. The maximum absolute atomic E-state index is 11.7. The highest BCUT2D eigenvalue weighted by Gasteiger charge is 2.20. The van der Waals surface area contributed by atoms with Gasteiger partial charge in [0, 0.05) is 26.4 Å². The third kappa shape index (κ3) is 11.2. The molecule has 6 nitrogen and oxygen atoms in total. The summed E-state index contributed by atoms with van der Waals surface area (Å²) in [5.74, 6) is -0.266. The molecule has 0 aromatic rings. The van der Waals surface area contributed by atoms with Crippen molar-refractivity contribution in [3.8, 4) is 0 Å². The molecule has 6 heteroatoms. The molecule has 0 fully saturated rings. The summed E-state index contributed by atoms with van der Waals surface area (Å²) in [6.45, 7) is 8.83. The van der Waals surface area contributed by atoms with E-state index in [1.807, 2.05) is 13.8 Å². The summed E-state index contributed by atoms with van der Waals surface area (Å²) in [6, 6.07) is -0.213. The second-order valence-electron chi connectivity index (χ2n) is 4.66. The highest BCUT2D eigenvalue weighted by molar-refractivity contribution is 5.75. The highest BCUT2D eigenvalue weighted by atomic mass is 16.5. The lowest BCUT2D eigenvalue weighted by molar-refractivity contribution is -0.147. The highest BCUT2D eigenvalue weighted by Crippen LogP contribution is 1.96. The Morgan fingerprint density at radius 2 is 1.80 bits per heavy atom. The number of rotatable bonds is 13. The minimum atomic E-state index is -0.413. The summed E-state index contributed by atoms with van der Waals surface area (Å²) in [7, 11) is 1.64. The van der Waals surface area contributed by atoms with Crippen LogP contribution in [0.25, 0.3) is 0 Å². The van der Waals surface area contributed by atoms with Gasteiger partial charge in [0.05, 0.1) is 26.4 Å². The summed E-state index contributed by atoms with van der Waals surface area (Å²) in [5.41, 5.74) is 0. The Labute approximate surface area is 122 Å². The van der Waals surface area contributed by atoms with Crippen molar-refractivity contribution >= 4 is 5.97 Å². The number of esters is 1. The minimum Gasteiger partial charge on any atom is -0.465 e. The van der Waals surface area contributed by atoms with Crippen molar-refractivity contribution in [2.75, 3.05) is 46.8 Å². The van der Waals surface area contributed by atoms with Gasteiger partial charge in [0.15, 0.2) is 0 Å². The lowest BCUT2D eigenvalue weighted by Gasteiger charge is -2.19. The maximum atomic E-state index is 11.7. The first-order valence-corrected chi connectivity index (χ1v) is 7.18. The molecule has 20 heavy (non-hydrogen) atoms. The van der Waals surface area contributed by atoms with Gasteiger partial charge in [-0.1, -0.05) is 13.8 Å². The van der Waals surface area contributed by atoms with E-state index in [0.29, 0.717) is 39.6 Å². The van der Waals surface area contributed by atoms with Crippen LogP contribution >= 0.6 is 0 Å². The third-order valence-corrected chi connectivity index (χ3v) is 2.40. The standard InChI is InChI=1S/C14H29NO5/c1-5-20-14(16)13(15-12(2)3)11-19-8-6-7-18-10-9-17-4/h12-13,15H,5-11H2,1-4H3. The van der Waals surface area contributed by atoms with Crippen LogP contribution in [-0.2, 0) is 23.7 Å². The van der Waals surface area contributed by atoms with E-state index in [1.54, 1.807) is 14.0 Å². The predicted octanol–water partition coefficient (Wildman–Crippen LogP) is 0.986. The number of hydrogen-bond donors (Lipinski definition) is 1. The van der Waals surface area contributed by atoms with Crippen molar-refractivity contribution < 1.29 is 23.7 Å². The van der Waals surface area contributed by atoms with Crippen LogP contribution in [0.5, 0.6) is 0 Å². The number of carbonyl (C=O) groups is 1. The average molecular weight is 291 g/mol. The second-order valence-corrected chi connectivity index (χ2v) is 4.66. The van der Waals surface area contributed by atoms with Crippen LogP contribution in [0, 0.1) is 0 Å². The molecule has 0 aliphatic rings. The Balaban J connectivity index is 3.71. The van der Waals surface area contributed by atoms with Gasteiger partial charge >= 0.3 is 5.97 Å². The molecule has 1 unspecified atom stereocenters. The van der Waals surface area contributed by atoms with E-state index in [4.69, 9.17) is 18.9 Å². The molecule has 0 rings (SSSR count). The van der Waals surface area contributed by atoms with E-state index >= 15 is 0 Å². The Bertz CT molecular complexity index is 236. The van der Waals surface area contributed by atoms with Crippen molar-refractivity contribution in [1.82, 2.24) is 5.32 Å². The van der Waals surface area contributed by atoms with Crippen molar-refractivity contribution in [3.05, 3.63) is 0 Å². The summed E-state index contributed by atoms with van der Waals surface area (Å²) < 4.78 is 20.7. The molecule has 1 atom stereocenters. The fourth-order valence-corrected chi connectivity index (χ4v) is 1.54. The Morgan fingerprint density at radius 1 is 1.10 bits per heavy atom. The second kappa shape index (κ2) is 13.3. The van der Waals surface area contributed by atoms with Gasteiger partial charge < -0.3 is 24.3 Å². The number of methoxy groups -OCH3 is 1. The zero-order chi connectivity index (χ0) is 15.2. The van der Waals surface area contributed by atoms with Crippen LogP contribution in [0.2, 0.25) is 0 Å². The van der Waals surface area contributed by atoms with Gasteiger partial charge in [-0.05, 0) is 13.3 Å². The van der Waals surface area contributed by atoms with Crippen molar-refractivity contribution in [2.45, 2.75) is 39.3 Å². The lowest BCUT2D eigenvalue weighted by atomic mass is 10.2. The quantitative estimate of drug-likeness (QED) is 0.403. The van der Waals surface area contributed by atoms with E-state index in [1.165, 1.54) is 0 Å². The summed E-state index contributed by atoms with van der Waals surface area (Å²) in [5, 5.41) is 3.14. The Hall–Kier alpha value is -0.690. The molecule has 0 saturated heterocycles. The number of hydrogen-bond acceptors (Lipinski definition) is 6. The summed E-state index contributed by atoms with van der Waals surface area (Å²) in [6.07, 6.45) is 0.793. The smallest absolute Gasteiger partial charge is 0.325 e. The summed E-state index contributed by atoms with van der Waals surface area (Å²) >= 11 is 0. The molecule has 0 saturated carbocycles. The zero-order valence-electron chi connectivity index (χ0n) is 13.1. The van der Waals surface area contributed by atoms with E-state index in [-0.39, 0.29) is 12.0 Å². The number of carbonyl (C=O) groups excluding carboxylic acids is 1. The minimum absolute atomic E-state index is 0.199. The number of nitrogens with one attached hydrogen (secondary N) is 1. The molecule has 0 aromatic carbocycles. The molecular weight excluding hydrogens is 262 g/mol. The molecule has 0 aliphatic heterocycles. The molecule has 0 amide bonds. The third-order valence-electron chi connectivity index (χ3n) is 2.40. The SMILES string of the molecule is CCOC(=O)C(COCCCOCCOC)NC(C)C. The maximum Gasteiger partial charge on any atom is 0.325 e. The van der Waals surface area contributed by atoms with E-state index < -0.39 is 6.04 Å². The largest absolute Gasteiger partial charge is 0.465 e. The first-order valence-electron chi connectivity index (χ1n) is 7.18. The first kappa shape index (κ1) is 19.3. The van der Waals surface area contributed by atoms with Gasteiger partial charge in [0.2, 0.25) is 0 Å². The molecule has 0 spiro atoms. The van der Waals surface area contributed by atoms with Crippen LogP contribution in [-0.4, -0.2) is 64.8 Å². The monoisotopic (exact) mass is 291 g/mol. The molecule has 0 aliphatic carbocycles. The van der Waals surface area contributed by atoms with E-state index in [9.17, 15) is 4.79 Å². The average Bonchev–Trinajstić information content (AvgIpc) is 2.40. The lowest BCUT2D eigenvalue weighted by Crippen LogP contribution is -2.45. The molecular formula is C14H29NO5. The fraction of sp³-hybridized carbons (Fsp3) is 0.929. The van der Waals surface area contributed by atoms with E-state index in [0.717, 1.165) is 6.42 Å². The normalized spacial score (nSPS) is 12.7. The molecule has 0 aromatic heterocycles. The van der Waals surface area contributed by atoms with E-state index in [2.05, 4.69) is 5.32 Å². The first-order chi connectivity index (χ1) is 9.61. The topological polar surface area (TPSA) is 66.0 Å². The molecule has 0 bridgehead atoms. The van der Waals surface area contributed by atoms with Crippen LogP contribution in [0.4, 0.5) is 0 Å². The Morgan fingerprint density at radius 3 is 2.40 bits per heavy atom. The van der Waals surface area contributed by atoms with Gasteiger partial charge in [-0.15, -0.1) is 0 Å². The van der Waals surface area contributed by atoms with Gasteiger partial charge in [0.1, 0.15) is 6.04 Å². The fourth-order valence-electron chi connectivity index (χ4n) is 1.54. The van der Waals surface area contributed by atoms with Crippen LogP contribution in [0.1, 0.15) is 27.2 Å². The van der Waals surface area contributed by atoms with Gasteiger partial charge in [-0.2, -0.15) is 0 Å². The molecule has 120 valence electrons. The van der Waals surface area contributed by atoms with Gasteiger partial charge in [0.25, 0.3) is 0 Å². The zero-order valence-corrected chi connectivity index (χ0v) is 13.1. The van der Waals surface area contributed by atoms with Gasteiger partial charge in [-0.25, -0.2) is 0 Å². The van der Waals surface area contributed by atoms with Crippen molar-refractivity contribution in [1.29, 1.82) is 0 Å². The Kier molecular flexibility index (Phi) is 12.8. The van der Waals surface area contributed by atoms with Crippen LogP contribution in [0.3, 0.4) is 0 Å². The van der Waals surface area contributed by atoms with Crippen molar-refractivity contribution in [3.63, 3.8) is 0 Å². The molecule has 1 N–H and O–H groups in total. The summed E-state index contributed by atoms with van der Waals surface area (Å²) in [4.78, 5) is 11.7. The van der Waals surface area contributed by atoms with Gasteiger partial charge in [-0.3, -0.25) is 4.79 Å². The van der Waals surface area contributed by atoms with Crippen molar-refractivity contribution in [2.24, 2.45) is 0 Å². The number of ether oxygens (including phenoxy) is 4.